The fourth-order valence-corrected chi connectivity index (χ4v) is 1.53. The highest BCUT2D eigenvalue weighted by molar-refractivity contribution is 6.06. The number of H-pyrrole nitrogens is 1. The molecule has 0 bridgehead atoms. The van der Waals surface area contributed by atoms with Gasteiger partial charge >= 0.3 is 0 Å². The number of benzene rings is 1. The van der Waals surface area contributed by atoms with E-state index in [-0.39, 0.29) is 11.7 Å². The van der Waals surface area contributed by atoms with Crippen molar-refractivity contribution in [3.8, 4) is 5.75 Å². The Balaban J connectivity index is 2.78. The average Bonchev–Trinajstić information content (AvgIpc) is 2.58. The summed E-state index contributed by atoms with van der Waals surface area (Å²) in [6.45, 7) is 1.84. The quantitative estimate of drug-likeness (QED) is 0.648. The molecule has 5 nitrogen and oxygen atoms in total. The smallest absolute Gasteiger partial charge is 0.253 e. The first-order valence-electron chi connectivity index (χ1n) is 4.53. The Kier molecular flexibility index (Phi) is 2.07. The number of hydrogen-bond donors (Lipinski definition) is 3. The van der Waals surface area contributed by atoms with Crippen LogP contribution in [0.25, 0.3) is 10.9 Å². The Hall–Kier alpha value is -2.04. The molecule has 0 saturated heterocycles. The predicted molar refractivity (Wildman–Crippen MR) is 55.9 cm³/mol. The number of fused-ring (bicyclic) bond motifs is 1. The van der Waals surface area contributed by atoms with Crippen LogP contribution in [-0.2, 0) is 0 Å². The molecule has 0 atom stereocenters. The van der Waals surface area contributed by atoms with Crippen LogP contribution < -0.4 is 5.32 Å². The van der Waals surface area contributed by atoms with Crippen LogP contribution in [0.2, 0.25) is 0 Å². The van der Waals surface area contributed by atoms with Gasteiger partial charge in [-0.25, -0.2) is 0 Å². The molecular formula is C10H11N3O2. The van der Waals surface area contributed by atoms with Crippen LogP contribution in [0.4, 0.5) is 0 Å². The SMILES string of the molecule is CNC(=O)c1cc(O)cc2c(C)[nH]nc12. The van der Waals surface area contributed by atoms with Gasteiger partial charge in [-0.2, -0.15) is 5.10 Å². The second-order valence-electron chi connectivity index (χ2n) is 3.32. The summed E-state index contributed by atoms with van der Waals surface area (Å²) in [4.78, 5) is 11.5. The van der Waals surface area contributed by atoms with E-state index in [4.69, 9.17) is 0 Å². The second-order valence-corrected chi connectivity index (χ2v) is 3.32. The summed E-state index contributed by atoms with van der Waals surface area (Å²) in [5, 5.41) is 19.6. The largest absolute Gasteiger partial charge is 0.508 e. The molecule has 1 aromatic heterocycles. The molecular weight excluding hydrogens is 194 g/mol. The number of phenols is 1. The van der Waals surface area contributed by atoms with Crippen molar-refractivity contribution in [1.29, 1.82) is 0 Å². The number of aromatic nitrogens is 2. The van der Waals surface area contributed by atoms with E-state index in [1.165, 1.54) is 13.1 Å². The maximum absolute atomic E-state index is 11.5. The lowest BCUT2D eigenvalue weighted by atomic mass is 10.1. The number of amides is 1. The molecule has 1 heterocycles. The molecule has 3 N–H and O–H groups in total. The van der Waals surface area contributed by atoms with Crippen molar-refractivity contribution in [3.05, 3.63) is 23.4 Å². The summed E-state index contributed by atoms with van der Waals surface area (Å²) in [5.41, 5.74) is 1.77. The minimum Gasteiger partial charge on any atom is -0.508 e. The first-order valence-corrected chi connectivity index (χ1v) is 4.53. The van der Waals surface area contributed by atoms with E-state index in [9.17, 15) is 9.90 Å². The van der Waals surface area contributed by atoms with Crippen molar-refractivity contribution >= 4 is 16.8 Å². The molecule has 78 valence electrons. The Morgan fingerprint density at radius 2 is 2.27 bits per heavy atom. The molecule has 0 aliphatic rings. The molecule has 0 saturated carbocycles. The minimum atomic E-state index is -0.262. The fourth-order valence-electron chi connectivity index (χ4n) is 1.53. The first-order chi connectivity index (χ1) is 7.13. The zero-order valence-electron chi connectivity index (χ0n) is 8.46. The Labute approximate surface area is 86.1 Å². The maximum atomic E-state index is 11.5. The van der Waals surface area contributed by atoms with Crippen molar-refractivity contribution in [1.82, 2.24) is 15.5 Å². The lowest BCUT2D eigenvalue weighted by Gasteiger charge is -2.01. The summed E-state index contributed by atoms with van der Waals surface area (Å²) in [7, 11) is 1.54. The third-order valence-corrected chi connectivity index (χ3v) is 2.31. The average molecular weight is 205 g/mol. The van der Waals surface area contributed by atoms with Crippen LogP contribution in [0.5, 0.6) is 5.75 Å². The monoisotopic (exact) mass is 205 g/mol. The van der Waals surface area contributed by atoms with Gasteiger partial charge in [0, 0.05) is 18.1 Å². The van der Waals surface area contributed by atoms with E-state index in [2.05, 4.69) is 15.5 Å². The van der Waals surface area contributed by atoms with E-state index in [0.717, 1.165) is 11.1 Å². The number of aromatic amines is 1. The van der Waals surface area contributed by atoms with Gasteiger partial charge in [0.25, 0.3) is 5.91 Å². The van der Waals surface area contributed by atoms with E-state index in [1.54, 1.807) is 6.07 Å². The molecule has 2 aromatic rings. The van der Waals surface area contributed by atoms with Crippen LogP contribution in [0, 0.1) is 6.92 Å². The van der Waals surface area contributed by atoms with Gasteiger partial charge in [-0.3, -0.25) is 9.89 Å². The topological polar surface area (TPSA) is 78.0 Å². The first kappa shape index (κ1) is 9.51. The number of hydrogen-bond acceptors (Lipinski definition) is 3. The van der Waals surface area contributed by atoms with Crippen molar-refractivity contribution in [2.24, 2.45) is 0 Å². The van der Waals surface area contributed by atoms with E-state index in [0.29, 0.717) is 11.1 Å². The van der Waals surface area contributed by atoms with Crippen molar-refractivity contribution < 1.29 is 9.90 Å². The Morgan fingerprint density at radius 3 is 2.93 bits per heavy atom. The van der Waals surface area contributed by atoms with Gasteiger partial charge in [-0.05, 0) is 19.1 Å². The summed E-state index contributed by atoms with van der Waals surface area (Å²) < 4.78 is 0. The van der Waals surface area contributed by atoms with Gasteiger partial charge in [-0.15, -0.1) is 0 Å². The van der Waals surface area contributed by atoms with Crippen LogP contribution >= 0.6 is 0 Å². The minimum absolute atomic E-state index is 0.0607. The number of aryl methyl sites for hydroxylation is 1. The number of nitrogens with one attached hydrogen (secondary N) is 2. The molecule has 1 amide bonds. The van der Waals surface area contributed by atoms with Crippen LogP contribution in [0.3, 0.4) is 0 Å². The Bertz CT molecular complexity index is 531. The molecule has 15 heavy (non-hydrogen) atoms. The lowest BCUT2D eigenvalue weighted by molar-refractivity contribution is 0.0964. The molecule has 2 rings (SSSR count). The molecule has 1 aromatic carbocycles. The highest BCUT2D eigenvalue weighted by Gasteiger charge is 2.13. The third-order valence-electron chi connectivity index (χ3n) is 2.31. The van der Waals surface area contributed by atoms with Crippen LogP contribution in [-0.4, -0.2) is 28.3 Å². The standard InChI is InChI=1S/C10H11N3O2/c1-5-7-3-6(14)4-8(10(15)11-2)9(7)13-12-5/h3-4,14H,1-2H3,(H,11,15)(H,12,13). The maximum Gasteiger partial charge on any atom is 0.253 e. The zero-order valence-corrected chi connectivity index (χ0v) is 8.46. The van der Waals surface area contributed by atoms with Crippen LogP contribution in [0.15, 0.2) is 12.1 Å². The van der Waals surface area contributed by atoms with Gasteiger partial charge < -0.3 is 10.4 Å². The van der Waals surface area contributed by atoms with Gasteiger partial charge in [0.05, 0.1) is 5.56 Å². The summed E-state index contributed by atoms with van der Waals surface area (Å²) in [5.74, 6) is -0.201. The van der Waals surface area contributed by atoms with Gasteiger partial charge in [0.2, 0.25) is 0 Å². The summed E-state index contributed by atoms with van der Waals surface area (Å²) in [6.07, 6.45) is 0. The third kappa shape index (κ3) is 1.41. The molecule has 5 heteroatoms. The number of nitrogens with zero attached hydrogens (tertiary/aromatic N) is 1. The van der Waals surface area contributed by atoms with Crippen LogP contribution in [0.1, 0.15) is 16.1 Å². The van der Waals surface area contributed by atoms with Gasteiger partial charge in [0.15, 0.2) is 0 Å². The normalized spacial score (nSPS) is 10.5. The molecule has 0 aliphatic heterocycles. The number of carbonyl (C=O) groups is 1. The van der Waals surface area contributed by atoms with Gasteiger partial charge in [0.1, 0.15) is 11.3 Å². The highest BCUT2D eigenvalue weighted by Crippen LogP contribution is 2.24. The van der Waals surface area contributed by atoms with Crippen molar-refractivity contribution in [2.75, 3.05) is 7.05 Å². The predicted octanol–water partition coefficient (Wildman–Crippen LogP) is 0.937. The summed E-state index contributed by atoms with van der Waals surface area (Å²) >= 11 is 0. The highest BCUT2D eigenvalue weighted by atomic mass is 16.3. The number of rotatable bonds is 1. The van der Waals surface area contributed by atoms with Crippen molar-refractivity contribution in [2.45, 2.75) is 6.92 Å². The number of carbonyl (C=O) groups excluding carboxylic acids is 1. The van der Waals surface area contributed by atoms with Crippen molar-refractivity contribution in [3.63, 3.8) is 0 Å². The molecule has 0 radical (unpaired) electrons. The number of aromatic hydroxyl groups is 1. The lowest BCUT2D eigenvalue weighted by Crippen LogP contribution is -2.18. The fraction of sp³-hybridized carbons (Fsp3) is 0.200. The second kappa shape index (κ2) is 3.27. The molecule has 0 aliphatic carbocycles. The van der Waals surface area contributed by atoms with Gasteiger partial charge in [-0.1, -0.05) is 0 Å². The van der Waals surface area contributed by atoms with E-state index in [1.807, 2.05) is 6.92 Å². The molecule has 0 spiro atoms. The summed E-state index contributed by atoms with van der Waals surface area (Å²) in [6, 6.07) is 2.99. The molecule has 0 fully saturated rings. The van der Waals surface area contributed by atoms with E-state index >= 15 is 0 Å². The Morgan fingerprint density at radius 1 is 1.53 bits per heavy atom. The number of phenolic OH excluding ortho intramolecular Hbond substituents is 1. The molecule has 0 unspecified atom stereocenters. The zero-order chi connectivity index (χ0) is 11.0. The van der Waals surface area contributed by atoms with E-state index < -0.39 is 0 Å².